The quantitative estimate of drug-likeness (QED) is 0.386. The molecule has 22 heavy (non-hydrogen) atoms. The highest BCUT2D eigenvalue weighted by atomic mass is 31.2. The molecular formula is C15H19O6P. The van der Waals surface area contributed by atoms with Gasteiger partial charge in [0.1, 0.15) is 0 Å². The molecule has 0 saturated carbocycles. The molecule has 0 fully saturated rings. The predicted octanol–water partition coefficient (Wildman–Crippen LogP) is 4.40. The van der Waals surface area contributed by atoms with Crippen LogP contribution in [-0.4, -0.2) is 13.2 Å². The molecule has 0 amide bonds. The molecule has 6 nitrogen and oxygen atoms in total. The van der Waals surface area contributed by atoms with Gasteiger partial charge < -0.3 is 0 Å². The summed E-state index contributed by atoms with van der Waals surface area (Å²) >= 11 is 0. The minimum atomic E-state index is -3.94. The molecule has 0 radical (unpaired) electrons. The molecule has 0 heterocycles. The van der Waals surface area contributed by atoms with Crippen molar-refractivity contribution in [2.45, 2.75) is 20.5 Å². The van der Waals surface area contributed by atoms with E-state index in [1.165, 1.54) is 0 Å². The molecule has 120 valence electrons. The molecule has 0 N–H and O–H groups in total. The summed E-state index contributed by atoms with van der Waals surface area (Å²) in [6, 6.07) is 13.6. The third-order valence-corrected chi connectivity index (χ3v) is 3.80. The van der Waals surface area contributed by atoms with Gasteiger partial charge in [-0.2, -0.15) is 0 Å². The summed E-state index contributed by atoms with van der Waals surface area (Å²) in [4.78, 5) is 9.36. The summed E-state index contributed by atoms with van der Waals surface area (Å²) in [5.41, 5.74) is 0.860. The first-order valence-corrected chi connectivity index (χ1v) is 8.48. The summed E-state index contributed by atoms with van der Waals surface area (Å²) in [6.07, 6.45) is 0. The molecule has 2 aromatic carbocycles. The van der Waals surface area contributed by atoms with Crippen molar-refractivity contribution in [1.29, 1.82) is 0 Å². The molecule has 2 rings (SSSR count). The first-order chi connectivity index (χ1) is 10.7. The Kier molecular flexibility index (Phi) is 6.51. The largest absolute Gasteiger partial charge is 0.529 e. The van der Waals surface area contributed by atoms with E-state index in [0.29, 0.717) is 0 Å². The van der Waals surface area contributed by atoms with Gasteiger partial charge in [-0.1, -0.05) is 42.5 Å². The van der Waals surface area contributed by atoms with Crippen molar-refractivity contribution < 1.29 is 28.2 Å². The fraction of sp³-hybridized carbons (Fsp3) is 0.333. The van der Waals surface area contributed by atoms with Crippen molar-refractivity contribution in [2.24, 2.45) is 0 Å². The molecule has 0 aliphatic heterocycles. The number of rotatable bonds is 9. The van der Waals surface area contributed by atoms with Crippen LogP contribution in [0.3, 0.4) is 0 Å². The van der Waals surface area contributed by atoms with Gasteiger partial charge in [0.25, 0.3) is 0 Å². The maximum Gasteiger partial charge on any atom is 0.529 e. The van der Waals surface area contributed by atoms with E-state index in [9.17, 15) is 4.57 Å². The predicted molar refractivity (Wildman–Crippen MR) is 81.8 cm³/mol. The molecule has 0 aliphatic rings. The molecule has 0 spiro atoms. The zero-order chi connectivity index (χ0) is 15.8. The smallest absolute Gasteiger partial charge is 0.279 e. The van der Waals surface area contributed by atoms with Crippen LogP contribution < -0.4 is 0 Å². The second-order valence-electron chi connectivity index (χ2n) is 4.32. The SMILES string of the molecule is CCOOP(=O)(OCc1cccc2ccccc12)OOCC. The summed E-state index contributed by atoms with van der Waals surface area (Å²) in [5, 5.41) is 2.07. The Morgan fingerprint density at radius 3 is 2.23 bits per heavy atom. The maximum atomic E-state index is 12.3. The van der Waals surface area contributed by atoms with Crippen molar-refractivity contribution in [3.05, 3.63) is 48.0 Å². The van der Waals surface area contributed by atoms with Gasteiger partial charge in [-0.05, 0) is 30.2 Å². The van der Waals surface area contributed by atoms with Crippen LogP contribution >= 0.6 is 7.82 Å². The molecule has 0 saturated heterocycles. The third-order valence-electron chi connectivity index (χ3n) is 2.78. The van der Waals surface area contributed by atoms with Gasteiger partial charge in [-0.3, -0.25) is 4.52 Å². The number of hydrogen-bond donors (Lipinski definition) is 0. The summed E-state index contributed by atoms with van der Waals surface area (Å²) in [5.74, 6) is 0. The zero-order valence-corrected chi connectivity index (χ0v) is 13.5. The number of phosphoric acid groups is 1. The van der Waals surface area contributed by atoms with Gasteiger partial charge in [-0.25, -0.2) is 14.3 Å². The van der Waals surface area contributed by atoms with Crippen LogP contribution in [-0.2, 0) is 34.8 Å². The Morgan fingerprint density at radius 1 is 0.909 bits per heavy atom. The average Bonchev–Trinajstić information content (AvgIpc) is 2.56. The first kappa shape index (κ1) is 17.1. The third kappa shape index (κ3) is 4.61. The number of fused-ring (bicyclic) bond motifs is 1. The number of hydrogen-bond acceptors (Lipinski definition) is 6. The van der Waals surface area contributed by atoms with Crippen LogP contribution in [0.5, 0.6) is 0 Å². The van der Waals surface area contributed by atoms with Crippen LogP contribution in [0, 0.1) is 0 Å². The van der Waals surface area contributed by atoms with Gasteiger partial charge >= 0.3 is 7.82 Å². The van der Waals surface area contributed by atoms with E-state index in [0.717, 1.165) is 16.3 Å². The van der Waals surface area contributed by atoms with Gasteiger partial charge in [-0.15, -0.1) is 9.35 Å². The molecule has 0 unspecified atom stereocenters. The Bertz CT molecular complexity index is 627. The second-order valence-corrected chi connectivity index (χ2v) is 5.77. The van der Waals surface area contributed by atoms with Crippen molar-refractivity contribution in [3.63, 3.8) is 0 Å². The second kappa shape index (κ2) is 8.39. The van der Waals surface area contributed by atoms with Crippen LogP contribution in [0.1, 0.15) is 19.4 Å². The van der Waals surface area contributed by atoms with Gasteiger partial charge in [0.05, 0.1) is 19.8 Å². The first-order valence-electron chi connectivity index (χ1n) is 7.02. The molecule has 7 heteroatoms. The zero-order valence-electron chi connectivity index (χ0n) is 12.6. The van der Waals surface area contributed by atoms with Gasteiger partial charge in [0.15, 0.2) is 0 Å². The normalized spacial score (nSPS) is 11.9. The molecule has 0 aliphatic carbocycles. The molecule has 2 aromatic rings. The van der Waals surface area contributed by atoms with E-state index < -0.39 is 7.82 Å². The Morgan fingerprint density at radius 2 is 1.55 bits per heavy atom. The van der Waals surface area contributed by atoms with E-state index in [-0.39, 0.29) is 19.8 Å². The van der Waals surface area contributed by atoms with Crippen LogP contribution in [0.15, 0.2) is 42.5 Å². The summed E-state index contributed by atoms with van der Waals surface area (Å²) in [6.45, 7) is 3.83. The molecular weight excluding hydrogens is 307 g/mol. The van der Waals surface area contributed by atoms with Gasteiger partial charge in [0.2, 0.25) is 0 Å². The Balaban J connectivity index is 2.11. The van der Waals surface area contributed by atoms with Gasteiger partial charge in [0, 0.05) is 0 Å². The molecule has 0 atom stereocenters. The minimum Gasteiger partial charge on any atom is -0.279 e. The van der Waals surface area contributed by atoms with Crippen LogP contribution in [0.2, 0.25) is 0 Å². The van der Waals surface area contributed by atoms with E-state index in [4.69, 9.17) is 13.9 Å². The Labute approximate surface area is 129 Å². The summed E-state index contributed by atoms with van der Waals surface area (Å²) in [7, 11) is -3.94. The number of benzene rings is 2. The lowest BCUT2D eigenvalue weighted by Gasteiger charge is -2.15. The lowest BCUT2D eigenvalue weighted by atomic mass is 10.1. The lowest BCUT2D eigenvalue weighted by molar-refractivity contribution is -0.279. The molecule has 0 bridgehead atoms. The maximum absolute atomic E-state index is 12.3. The van der Waals surface area contributed by atoms with E-state index in [1.807, 2.05) is 42.5 Å². The standard InChI is InChI=1S/C15H19O6P/c1-3-17-20-22(16,21-18-4-2)19-12-14-10-7-9-13-8-5-6-11-15(13)14/h5-11H,3-4,12H2,1-2H3. The monoisotopic (exact) mass is 326 g/mol. The van der Waals surface area contributed by atoms with Crippen molar-refractivity contribution in [1.82, 2.24) is 0 Å². The minimum absolute atomic E-state index is 0.0405. The van der Waals surface area contributed by atoms with E-state index >= 15 is 0 Å². The fourth-order valence-corrected chi connectivity index (χ4v) is 2.73. The van der Waals surface area contributed by atoms with Crippen molar-refractivity contribution >= 4 is 18.6 Å². The highest BCUT2D eigenvalue weighted by Gasteiger charge is 2.30. The van der Waals surface area contributed by atoms with E-state index in [2.05, 4.69) is 9.78 Å². The lowest BCUT2D eigenvalue weighted by Crippen LogP contribution is -2.03. The van der Waals surface area contributed by atoms with Crippen molar-refractivity contribution in [2.75, 3.05) is 13.2 Å². The topological polar surface area (TPSA) is 63.2 Å². The average molecular weight is 326 g/mol. The highest BCUT2D eigenvalue weighted by Crippen LogP contribution is 2.50. The van der Waals surface area contributed by atoms with Crippen LogP contribution in [0.4, 0.5) is 0 Å². The Hall–Kier alpha value is -1.27. The fourth-order valence-electron chi connectivity index (χ4n) is 1.86. The molecule has 0 aromatic heterocycles. The van der Waals surface area contributed by atoms with Crippen LogP contribution in [0.25, 0.3) is 10.8 Å². The highest BCUT2D eigenvalue weighted by molar-refractivity contribution is 7.48. The van der Waals surface area contributed by atoms with E-state index in [1.54, 1.807) is 13.8 Å². The summed E-state index contributed by atoms with van der Waals surface area (Å²) < 4.78 is 27.0. The van der Waals surface area contributed by atoms with Crippen molar-refractivity contribution in [3.8, 4) is 0 Å².